The van der Waals surface area contributed by atoms with E-state index in [1.165, 1.54) is 0 Å². The number of hydrogen-bond acceptors (Lipinski definition) is 2. The van der Waals surface area contributed by atoms with E-state index in [0.29, 0.717) is 6.54 Å². The lowest BCUT2D eigenvalue weighted by Crippen LogP contribution is -2.44. The van der Waals surface area contributed by atoms with Gasteiger partial charge in [0.15, 0.2) is 0 Å². The molecule has 2 atom stereocenters. The lowest BCUT2D eigenvalue weighted by Gasteiger charge is -2.42. The second-order valence-corrected chi connectivity index (χ2v) is 5.40. The lowest BCUT2D eigenvalue weighted by atomic mass is 9.86. The predicted octanol–water partition coefficient (Wildman–Crippen LogP) is 3.81. The molecular formula is C14H19F3N2. The molecule has 0 N–H and O–H groups in total. The van der Waals surface area contributed by atoms with Gasteiger partial charge in [-0.1, -0.05) is 6.07 Å². The highest BCUT2D eigenvalue weighted by Crippen LogP contribution is 2.42. The van der Waals surface area contributed by atoms with Crippen molar-refractivity contribution in [2.24, 2.45) is 5.92 Å². The number of nitrogens with zero attached hydrogens (tertiary/aromatic N) is 2. The molecule has 1 aromatic heterocycles. The molecule has 0 aromatic carbocycles. The minimum atomic E-state index is -4.09. The van der Waals surface area contributed by atoms with Crippen molar-refractivity contribution < 1.29 is 13.2 Å². The van der Waals surface area contributed by atoms with Crippen molar-refractivity contribution in [1.29, 1.82) is 0 Å². The molecule has 0 radical (unpaired) electrons. The van der Waals surface area contributed by atoms with Gasteiger partial charge in [0.05, 0.1) is 5.92 Å². The van der Waals surface area contributed by atoms with Crippen molar-refractivity contribution in [3.8, 4) is 0 Å². The number of likely N-dealkylation sites (tertiary alicyclic amines) is 1. The first kappa shape index (κ1) is 14.3. The normalized spacial score (nSPS) is 25.8. The minimum absolute atomic E-state index is 0.132. The number of halogens is 3. The van der Waals surface area contributed by atoms with Crippen LogP contribution in [-0.2, 0) is 0 Å². The van der Waals surface area contributed by atoms with Crippen LogP contribution in [0.2, 0.25) is 0 Å². The van der Waals surface area contributed by atoms with Gasteiger partial charge in [0.25, 0.3) is 0 Å². The first-order chi connectivity index (χ1) is 8.89. The number of rotatable bonds is 2. The molecule has 5 heteroatoms. The van der Waals surface area contributed by atoms with Crippen LogP contribution >= 0.6 is 0 Å². The van der Waals surface area contributed by atoms with E-state index in [0.717, 1.165) is 5.56 Å². The molecule has 2 rings (SSSR count). The molecule has 0 amide bonds. The van der Waals surface area contributed by atoms with Gasteiger partial charge in [-0.25, -0.2) is 0 Å². The van der Waals surface area contributed by atoms with E-state index < -0.39 is 12.1 Å². The van der Waals surface area contributed by atoms with E-state index >= 15 is 0 Å². The smallest absolute Gasteiger partial charge is 0.294 e. The summed E-state index contributed by atoms with van der Waals surface area (Å²) in [6.45, 7) is 4.54. The Bertz CT molecular complexity index is 403. The minimum Gasteiger partial charge on any atom is -0.294 e. The molecule has 1 fully saturated rings. The fraction of sp³-hybridized carbons (Fsp3) is 0.643. The van der Waals surface area contributed by atoms with Crippen molar-refractivity contribution in [3.05, 3.63) is 30.1 Å². The Balaban J connectivity index is 2.23. The van der Waals surface area contributed by atoms with Gasteiger partial charge in [-0.15, -0.1) is 0 Å². The SMILES string of the molecule is CC(C)N1CC[C@@H](C(F)(F)F)C[C@H]1c1cccnc1. The highest BCUT2D eigenvalue weighted by atomic mass is 19.4. The van der Waals surface area contributed by atoms with Crippen molar-refractivity contribution >= 4 is 0 Å². The fourth-order valence-corrected chi connectivity index (χ4v) is 2.80. The summed E-state index contributed by atoms with van der Waals surface area (Å²) in [6.07, 6.45) is -0.443. The van der Waals surface area contributed by atoms with Gasteiger partial charge < -0.3 is 0 Å². The fourth-order valence-electron chi connectivity index (χ4n) is 2.80. The van der Waals surface area contributed by atoms with Gasteiger partial charge in [-0.2, -0.15) is 13.2 Å². The highest BCUT2D eigenvalue weighted by molar-refractivity contribution is 5.15. The summed E-state index contributed by atoms with van der Waals surface area (Å²) < 4.78 is 38.8. The zero-order valence-electron chi connectivity index (χ0n) is 11.2. The van der Waals surface area contributed by atoms with Gasteiger partial charge in [0, 0.05) is 24.5 Å². The molecule has 1 aliphatic heterocycles. The molecule has 106 valence electrons. The summed E-state index contributed by atoms with van der Waals surface area (Å²) in [5, 5.41) is 0. The number of alkyl halides is 3. The quantitative estimate of drug-likeness (QED) is 0.814. The monoisotopic (exact) mass is 272 g/mol. The van der Waals surface area contributed by atoms with Crippen LogP contribution < -0.4 is 0 Å². The van der Waals surface area contributed by atoms with Crippen LogP contribution in [0, 0.1) is 5.92 Å². The maximum atomic E-state index is 12.9. The third-order valence-electron chi connectivity index (χ3n) is 3.84. The Morgan fingerprint density at radius 2 is 2.11 bits per heavy atom. The van der Waals surface area contributed by atoms with Gasteiger partial charge in [-0.05, 0) is 44.9 Å². The third kappa shape index (κ3) is 3.26. The van der Waals surface area contributed by atoms with Crippen LogP contribution in [0.15, 0.2) is 24.5 Å². The Morgan fingerprint density at radius 3 is 2.63 bits per heavy atom. The molecule has 0 unspecified atom stereocenters. The predicted molar refractivity (Wildman–Crippen MR) is 67.6 cm³/mol. The van der Waals surface area contributed by atoms with E-state index in [1.54, 1.807) is 18.5 Å². The summed E-state index contributed by atoms with van der Waals surface area (Å²) in [4.78, 5) is 6.17. The Morgan fingerprint density at radius 1 is 1.37 bits per heavy atom. The van der Waals surface area contributed by atoms with Crippen LogP contribution in [0.3, 0.4) is 0 Å². The number of hydrogen-bond donors (Lipinski definition) is 0. The highest BCUT2D eigenvalue weighted by Gasteiger charge is 2.44. The summed E-state index contributed by atoms with van der Waals surface area (Å²) in [5.74, 6) is -1.20. The van der Waals surface area contributed by atoms with Crippen molar-refractivity contribution in [1.82, 2.24) is 9.88 Å². The van der Waals surface area contributed by atoms with Crippen molar-refractivity contribution in [3.63, 3.8) is 0 Å². The largest absolute Gasteiger partial charge is 0.391 e. The standard InChI is InChI=1S/C14H19F3N2/c1-10(2)19-7-5-12(14(15,16)17)8-13(19)11-4-3-6-18-9-11/h3-4,6,9-10,12-13H,5,7-8H2,1-2H3/t12-,13+/m1/s1. The molecule has 1 aromatic rings. The van der Waals surface area contributed by atoms with Gasteiger partial charge in [-0.3, -0.25) is 9.88 Å². The summed E-state index contributed by atoms with van der Waals surface area (Å²) in [5.41, 5.74) is 0.880. The molecule has 0 bridgehead atoms. The summed E-state index contributed by atoms with van der Waals surface area (Å²) in [6, 6.07) is 3.70. The Labute approximate surface area is 111 Å². The average molecular weight is 272 g/mol. The molecule has 0 aliphatic carbocycles. The second kappa shape index (κ2) is 5.49. The van der Waals surface area contributed by atoms with Gasteiger partial charge >= 0.3 is 6.18 Å². The van der Waals surface area contributed by atoms with Gasteiger partial charge in [0.1, 0.15) is 0 Å². The molecule has 19 heavy (non-hydrogen) atoms. The summed E-state index contributed by atoms with van der Waals surface area (Å²) >= 11 is 0. The molecule has 1 saturated heterocycles. The van der Waals surface area contributed by atoms with Gasteiger partial charge in [0.2, 0.25) is 0 Å². The zero-order valence-corrected chi connectivity index (χ0v) is 11.2. The van der Waals surface area contributed by atoms with Crippen molar-refractivity contribution in [2.75, 3.05) is 6.54 Å². The van der Waals surface area contributed by atoms with E-state index in [1.807, 2.05) is 19.9 Å². The summed E-state index contributed by atoms with van der Waals surface area (Å²) in [7, 11) is 0. The molecule has 2 nitrogen and oxygen atoms in total. The number of piperidine rings is 1. The molecular weight excluding hydrogens is 253 g/mol. The maximum absolute atomic E-state index is 12.9. The van der Waals surface area contributed by atoms with Crippen LogP contribution in [0.25, 0.3) is 0 Å². The topological polar surface area (TPSA) is 16.1 Å². The zero-order chi connectivity index (χ0) is 14.0. The molecule has 1 aliphatic rings. The van der Waals surface area contributed by atoms with Crippen LogP contribution in [-0.4, -0.2) is 28.6 Å². The molecule has 0 spiro atoms. The second-order valence-electron chi connectivity index (χ2n) is 5.40. The van der Waals surface area contributed by atoms with Crippen LogP contribution in [0.1, 0.15) is 38.3 Å². The number of pyridine rings is 1. The average Bonchev–Trinajstić information content (AvgIpc) is 2.38. The molecule has 2 heterocycles. The first-order valence-corrected chi connectivity index (χ1v) is 6.62. The van der Waals surface area contributed by atoms with E-state index in [2.05, 4.69) is 9.88 Å². The Hall–Kier alpha value is -1.10. The van der Waals surface area contributed by atoms with Crippen LogP contribution in [0.4, 0.5) is 13.2 Å². The third-order valence-corrected chi connectivity index (χ3v) is 3.84. The first-order valence-electron chi connectivity index (χ1n) is 6.62. The van der Waals surface area contributed by atoms with E-state index in [4.69, 9.17) is 0 Å². The Kier molecular flexibility index (Phi) is 4.13. The lowest BCUT2D eigenvalue weighted by molar-refractivity contribution is -0.191. The van der Waals surface area contributed by atoms with E-state index in [-0.39, 0.29) is 24.9 Å². The number of aromatic nitrogens is 1. The maximum Gasteiger partial charge on any atom is 0.391 e. The van der Waals surface area contributed by atoms with Crippen molar-refractivity contribution in [2.45, 2.75) is 44.9 Å². The molecule has 0 saturated carbocycles. The van der Waals surface area contributed by atoms with E-state index in [9.17, 15) is 13.2 Å². The van der Waals surface area contributed by atoms with Crippen LogP contribution in [0.5, 0.6) is 0 Å².